The SMILES string of the molecule is CC(=O)[C@@H]1[C@@H](c2sccc2C)NC(=O)N[C@@]1(O)C(F)(F)F. The second-order valence-electron chi connectivity index (χ2n) is 4.90. The van der Waals surface area contributed by atoms with Gasteiger partial charge in [0.25, 0.3) is 0 Å². The van der Waals surface area contributed by atoms with Crippen LogP contribution < -0.4 is 10.6 Å². The van der Waals surface area contributed by atoms with Crippen LogP contribution in [0.1, 0.15) is 23.4 Å². The quantitative estimate of drug-likeness (QED) is 0.778. The maximum atomic E-state index is 13.2. The number of nitrogens with one attached hydrogen (secondary N) is 2. The molecule has 0 saturated carbocycles. The van der Waals surface area contributed by atoms with E-state index in [1.165, 1.54) is 5.32 Å². The molecule has 1 aliphatic rings. The van der Waals surface area contributed by atoms with Crippen LogP contribution in [0.15, 0.2) is 11.4 Å². The molecule has 0 bridgehead atoms. The van der Waals surface area contributed by atoms with E-state index in [9.17, 15) is 27.9 Å². The summed E-state index contributed by atoms with van der Waals surface area (Å²) in [7, 11) is 0. The fourth-order valence-electron chi connectivity index (χ4n) is 2.45. The Bertz CT molecular complexity index is 587. The summed E-state index contributed by atoms with van der Waals surface area (Å²) < 4.78 is 39.6. The highest BCUT2D eigenvalue weighted by molar-refractivity contribution is 7.10. The van der Waals surface area contributed by atoms with Crippen molar-refractivity contribution in [3.05, 3.63) is 21.9 Å². The molecule has 116 valence electrons. The van der Waals surface area contributed by atoms with Crippen molar-refractivity contribution in [3.8, 4) is 0 Å². The van der Waals surface area contributed by atoms with Crippen molar-refractivity contribution in [1.82, 2.24) is 10.6 Å². The molecule has 2 heterocycles. The molecule has 0 radical (unpaired) electrons. The average Bonchev–Trinajstić information content (AvgIpc) is 2.72. The minimum absolute atomic E-state index is 0.410. The number of carbonyl (C=O) groups excluding carboxylic acids is 2. The molecule has 0 unspecified atom stereocenters. The summed E-state index contributed by atoms with van der Waals surface area (Å²) in [5.74, 6) is -2.74. The van der Waals surface area contributed by atoms with Crippen molar-refractivity contribution in [1.29, 1.82) is 0 Å². The molecule has 2 rings (SSSR count). The van der Waals surface area contributed by atoms with Gasteiger partial charge in [0.2, 0.25) is 5.72 Å². The van der Waals surface area contributed by atoms with E-state index in [1.807, 2.05) is 0 Å². The van der Waals surface area contributed by atoms with Gasteiger partial charge in [-0.2, -0.15) is 13.2 Å². The Morgan fingerprint density at radius 1 is 1.48 bits per heavy atom. The first kappa shape index (κ1) is 15.8. The number of hydrogen-bond donors (Lipinski definition) is 3. The van der Waals surface area contributed by atoms with Gasteiger partial charge in [0.05, 0.1) is 12.0 Å². The summed E-state index contributed by atoms with van der Waals surface area (Å²) in [6, 6.07) is -0.745. The van der Waals surface area contributed by atoms with E-state index in [2.05, 4.69) is 5.32 Å². The molecule has 3 N–H and O–H groups in total. The van der Waals surface area contributed by atoms with Crippen molar-refractivity contribution in [3.63, 3.8) is 0 Å². The molecule has 2 amide bonds. The van der Waals surface area contributed by atoms with Gasteiger partial charge >= 0.3 is 12.2 Å². The largest absolute Gasteiger partial charge is 0.437 e. The standard InChI is InChI=1S/C12H13F3N2O3S/c1-5-3-4-21-9(5)8-7(6(2)18)11(20,12(13,14)15)17-10(19)16-8/h3-4,7-8,20H,1-2H3,(H2,16,17,19)/t7-,8+,11+/m1/s1. The number of Topliss-reactive ketones (excluding diaryl/α,β-unsaturated/α-hetero) is 1. The lowest BCUT2D eigenvalue weighted by atomic mass is 9.81. The maximum absolute atomic E-state index is 13.2. The molecule has 0 aromatic carbocycles. The van der Waals surface area contributed by atoms with Crippen LogP contribution in [0.2, 0.25) is 0 Å². The number of amides is 2. The number of carbonyl (C=O) groups is 2. The van der Waals surface area contributed by atoms with Crippen LogP contribution in [-0.2, 0) is 4.79 Å². The number of alkyl halides is 3. The van der Waals surface area contributed by atoms with E-state index in [4.69, 9.17) is 0 Å². The second-order valence-corrected chi connectivity index (χ2v) is 5.84. The van der Waals surface area contributed by atoms with Gasteiger partial charge in [-0.15, -0.1) is 11.3 Å². The highest BCUT2D eigenvalue weighted by Gasteiger charge is 2.65. The van der Waals surface area contributed by atoms with Crippen molar-refractivity contribution in [2.45, 2.75) is 31.8 Å². The average molecular weight is 322 g/mol. The van der Waals surface area contributed by atoms with Gasteiger partial charge in [0, 0.05) is 4.88 Å². The lowest BCUT2D eigenvalue weighted by molar-refractivity contribution is -0.290. The van der Waals surface area contributed by atoms with E-state index in [0.717, 1.165) is 18.3 Å². The van der Waals surface area contributed by atoms with Crippen LogP contribution >= 0.6 is 11.3 Å². The zero-order chi connectivity index (χ0) is 16.0. The van der Waals surface area contributed by atoms with Gasteiger partial charge in [0.1, 0.15) is 5.78 Å². The first-order chi connectivity index (χ1) is 9.58. The molecule has 0 spiro atoms. The molecule has 21 heavy (non-hydrogen) atoms. The van der Waals surface area contributed by atoms with Gasteiger partial charge in [-0.1, -0.05) is 0 Å². The Balaban J connectivity index is 2.57. The topological polar surface area (TPSA) is 78.4 Å². The Hall–Kier alpha value is -1.61. The summed E-state index contributed by atoms with van der Waals surface area (Å²) in [4.78, 5) is 23.7. The smallest absolute Gasteiger partial charge is 0.363 e. The molecule has 1 aromatic rings. The van der Waals surface area contributed by atoms with E-state index >= 15 is 0 Å². The maximum Gasteiger partial charge on any atom is 0.437 e. The zero-order valence-electron chi connectivity index (χ0n) is 11.1. The number of rotatable bonds is 2. The van der Waals surface area contributed by atoms with Crippen molar-refractivity contribution in [2.75, 3.05) is 0 Å². The minimum atomic E-state index is -5.18. The number of halogens is 3. The van der Waals surface area contributed by atoms with Gasteiger partial charge in [0.15, 0.2) is 0 Å². The molecule has 5 nitrogen and oxygen atoms in total. The molecule has 1 fully saturated rings. The molecule has 1 aromatic heterocycles. The fourth-order valence-corrected chi connectivity index (χ4v) is 3.46. The van der Waals surface area contributed by atoms with E-state index < -0.39 is 35.7 Å². The number of aryl methyl sites for hydroxylation is 1. The third-order valence-electron chi connectivity index (χ3n) is 3.43. The van der Waals surface area contributed by atoms with Crippen LogP contribution in [-0.4, -0.2) is 28.8 Å². The zero-order valence-corrected chi connectivity index (χ0v) is 11.9. The lowest BCUT2D eigenvalue weighted by Crippen LogP contribution is -2.72. The van der Waals surface area contributed by atoms with Crippen molar-refractivity contribution in [2.24, 2.45) is 5.92 Å². The van der Waals surface area contributed by atoms with E-state index in [-0.39, 0.29) is 0 Å². The van der Waals surface area contributed by atoms with Gasteiger partial charge in [-0.3, -0.25) is 4.79 Å². The van der Waals surface area contributed by atoms with Gasteiger partial charge < -0.3 is 15.7 Å². The normalized spacial score (nSPS) is 29.7. The van der Waals surface area contributed by atoms with Gasteiger partial charge in [-0.05, 0) is 30.9 Å². The predicted octanol–water partition coefficient (Wildman–Crippen LogP) is 1.87. The fraction of sp³-hybridized carbons (Fsp3) is 0.500. The highest BCUT2D eigenvalue weighted by atomic mass is 32.1. The van der Waals surface area contributed by atoms with Crippen molar-refractivity contribution >= 4 is 23.2 Å². The summed E-state index contributed by atoms with van der Waals surface area (Å²) in [5.41, 5.74) is -2.95. The van der Waals surface area contributed by atoms with E-state index in [1.54, 1.807) is 18.4 Å². The Labute approximate surface area is 122 Å². The van der Waals surface area contributed by atoms with Crippen LogP contribution in [0.4, 0.5) is 18.0 Å². The third-order valence-corrected chi connectivity index (χ3v) is 4.53. The molecule has 3 atom stereocenters. The third kappa shape index (κ3) is 2.51. The molecular formula is C12H13F3N2O3S. The Morgan fingerprint density at radius 3 is 2.52 bits per heavy atom. The highest BCUT2D eigenvalue weighted by Crippen LogP contribution is 2.44. The molecular weight excluding hydrogens is 309 g/mol. The molecule has 1 aliphatic heterocycles. The molecule has 9 heteroatoms. The van der Waals surface area contributed by atoms with Gasteiger partial charge in [-0.25, -0.2) is 4.79 Å². The predicted molar refractivity (Wildman–Crippen MR) is 68.6 cm³/mol. The Morgan fingerprint density at radius 2 is 2.10 bits per heavy atom. The van der Waals surface area contributed by atoms with Crippen LogP contribution in [0.25, 0.3) is 0 Å². The summed E-state index contributed by atoms with van der Waals surface area (Å²) >= 11 is 1.12. The number of ketones is 1. The van der Waals surface area contributed by atoms with Crippen LogP contribution in [0.5, 0.6) is 0 Å². The van der Waals surface area contributed by atoms with E-state index in [0.29, 0.717) is 10.4 Å². The van der Waals surface area contributed by atoms with Crippen LogP contribution in [0.3, 0.4) is 0 Å². The number of hydrogen-bond acceptors (Lipinski definition) is 4. The lowest BCUT2D eigenvalue weighted by Gasteiger charge is -2.44. The first-order valence-corrected chi connectivity index (χ1v) is 6.88. The Kier molecular flexibility index (Phi) is 3.75. The first-order valence-electron chi connectivity index (χ1n) is 6.00. The second kappa shape index (κ2) is 4.99. The molecule has 0 aliphatic carbocycles. The summed E-state index contributed by atoms with van der Waals surface area (Å²) in [5, 5.41) is 15.3. The summed E-state index contributed by atoms with van der Waals surface area (Å²) in [6.07, 6.45) is -5.18. The summed E-state index contributed by atoms with van der Waals surface area (Å²) in [6.45, 7) is 2.61. The minimum Gasteiger partial charge on any atom is -0.363 e. The molecule has 1 saturated heterocycles. The number of thiophene rings is 1. The number of urea groups is 1. The van der Waals surface area contributed by atoms with Crippen molar-refractivity contribution < 1.29 is 27.9 Å². The monoisotopic (exact) mass is 322 g/mol. The van der Waals surface area contributed by atoms with Crippen LogP contribution in [0, 0.1) is 12.8 Å². The number of aliphatic hydroxyl groups is 1.